The fourth-order valence-corrected chi connectivity index (χ4v) is 5.36. The summed E-state index contributed by atoms with van der Waals surface area (Å²) in [7, 11) is -3.53. The maximum Gasteiger partial charge on any atom is 0.273 e. The number of hydrogen-bond acceptors (Lipinski definition) is 5. The van der Waals surface area contributed by atoms with Crippen LogP contribution in [0.15, 0.2) is 70.9 Å². The van der Waals surface area contributed by atoms with Gasteiger partial charge in [-0.15, -0.1) is 11.3 Å². The van der Waals surface area contributed by atoms with Gasteiger partial charge in [0.25, 0.3) is 5.91 Å². The number of thiazole rings is 1. The van der Waals surface area contributed by atoms with Crippen LogP contribution >= 0.6 is 11.3 Å². The molecule has 1 aliphatic heterocycles. The number of benzene rings is 2. The highest BCUT2D eigenvalue weighted by molar-refractivity contribution is 7.89. The number of rotatable bonds is 4. The molecule has 8 heteroatoms. The minimum absolute atomic E-state index is 0.157. The predicted octanol–water partition coefficient (Wildman–Crippen LogP) is 2.96. The standard InChI is InChI=1S/C20H19N3O3S2/c24-20(18-15-27-19(21-18)16-7-3-1-4-8-16)22-11-13-23(14-12-22)28(25,26)17-9-5-2-6-10-17/h1-10,15H,11-14H2. The monoisotopic (exact) mass is 413 g/mol. The lowest BCUT2D eigenvalue weighted by atomic mass is 10.2. The van der Waals surface area contributed by atoms with Crippen LogP contribution in [0.3, 0.4) is 0 Å². The molecular formula is C20H19N3O3S2. The molecule has 0 saturated carbocycles. The molecule has 1 saturated heterocycles. The predicted molar refractivity (Wildman–Crippen MR) is 109 cm³/mol. The molecule has 0 radical (unpaired) electrons. The number of aromatic nitrogens is 1. The molecule has 1 amide bonds. The third kappa shape index (κ3) is 3.71. The fraction of sp³-hybridized carbons (Fsp3) is 0.200. The zero-order valence-electron chi connectivity index (χ0n) is 15.1. The lowest BCUT2D eigenvalue weighted by molar-refractivity contribution is 0.0693. The van der Waals surface area contributed by atoms with E-state index in [1.54, 1.807) is 40.6 Å². The van der Waals surface area contributed by atoms with E-state index in [4.69, 9.17) is 0 Å². The number of carbonyl (C=O) groups is 1. The molecule has 0 unspecified atom stereocenters. The first-order valence-electron chi connectivity index (χ1n) is 8.91. The Morgan fingerprint density at radius 1 is 0.893 bits per heavy atom. The lowest BCUT2D eigenvalue weighted by Crippen LogP contribution is -2.50. The molecule has 1 fully saturated rings. The van der Waals surface area contributed by atoms with Gasteiger partial charge in [-0.05, 0) is 12.1 Å². The molecule has 1 aliphatic rings. The zero-order valence-corrected chi connectivity index (χ0v) is 16.7. The van der Waals surface area contributed by atoms with Crippen molar-refractivity contribution < 1.29 is 13.2 Å². The number of amides is 1. The van der Waals surface area contributed by atoms with Crippen LogP contribution in [0.2, 0.25) is 0 Å². The summed E-state index contributed by atoms with van der Waals surface area (Å²) >= 11 is 1.43. The largest absolute Gasteiger partial charge is 0.335 e. The summed E-state index contributed by atoms with van der Waals surface area (Å²) in [5.41, 5.74) is 1.38. The number of nitrogens with zero attached hydrogens (tertiary/aromatic N) is 3. The van der Waals surface area contributed by atoms with Crippen LogP contribution < -0.4 is 0 Å². The van der Waals surface area contributed by atoms with E-state index in [9.17, 15) is 13.2 Å². The van der Waals surface area contributed by atoms with Gasteiger partial charge in [0.2, 0.25) is 10.0 Å². The zero-order chi connectivity index (χ0) is 19.6. The Hall–Kier alpha value is -2.55. The minimum atomic E-state index is -3.53. The first-order valence-corrected chi connectivity index (χ1v) is 11.2. The number of piperazine rings is 1. The fourth-order valence-electron chi connectivity index (χ4n) is 3.12. The maximum atomic E-state index is 12.8. The van der Waals surface area contributed by atoms with E-state index in [1.807, 2.05) is 30.3 Å². The van der Waals surface area contributed by atoms with Gasteiger partial charge in [0.15, 0.2) is 0 Å². The van der Waals surface area contributed by atoms with Crippen LogP contribution in [0.25, 0.3) is 10.6 Å². The van der Waals surface area contributed by atoms with Gasteiger partial charge in [0.1, 0.15) is 10.7 Å². The van der Waals surface area contributed by atoms with Gasteiger partial charge in [-0.2, -0.15) is 4.31 Å². The number of sulfonamides is 1. The number of hydrogen-bond donors (Lipinski definition) is 0. The van der Waals surface area contributed by atoms with Gasteiger partial charge in [0, 0.05) is 37.1 Å². The Morgan fingerprint density at radius 3 is 2.14 bits per heavy atom. The van der Waals surface area contributed by atoms with Gasteiger partial charge in [-0.3, -0.25) is 4.79 Å². The summed E-state index contributed by atoms with van der Waals surface area (Å²) in [5.74, 6) is -0.157. The van der Waals surface area contributed by atoms with Gasteiger partial charge >= 0.3 is 0 Å². The lowest BCUT2D eigenvalue weighted by Gasteiger charge is -2.33. The second-order valence-corrected chi connectivity index (χ2v) is 9.21. The van der Waals surface area contributed by atoms with Crippen molar-refractivity contribution >= 4 is 27.3 Å². The second-order valence-electron chi connectivity index (χ2n) is 6.41. The highest BCUT2D eigenvalue weighted by Gasteiger charge is 2.31. The maximum absolute atomic E-state index is 12.8. The first-order chi connectivity index (χ1) is 13.6. The van der Waals surface area contributed by atoms with E-state index in [1.165, 1.54) is 15.6 Å². The van der Waals surface area contributed by atoms with Gasteiger partial charge in [-0.1, -0.05) is 48.5 Å². The van der Waals surface area contributed by atoms with Crippen LogP contribution in [0.1, 0.15) is 10.5 Å². The van der Waals surface area contributed by atoms with Gasteiger partial charge in [0.05, 0.1) is 4.90 Å². The summed E-state index contributed by atoms with van der Waals surface area (Å²) in [6.07, 6.45) is 0. The highest BCUT2D eigenvalue weighted by atomic mass is 32.2. The van der Waals surface area contributed by atoms with Crippen molar-refractivity contribution in [3.63, 3.8) is 0 Å². The quantitative estimate of drug-likeness (QED) is 0.659. The van der Waals surface area contributed by atoms with Crippen molar-refractivity contribution in [1.29, 1.82) is 0 Å². The van der Waals surface area contributed by atoms with Crippen LogP contribution in [0.5, 0.6) is 0 Å². The molecule has 0 atom stereocenters. The molecule has 0 N–H and O–H groups in total. The Balaban J connectivity index is 1.43. The molecule has 4 rings (SSSR count). The van der Waals surface area contributed by atoms with E-state index in [2.05, 4.69) is 4.98 Å². The minimum Gasteiger partial charge on any atom is -0.335 e. The van der Waals surface area contributed by atoms with Crippen LogP contribution in [-0.2, 0) is 10.0 Å². The smallest absolute Gasteiger partial charge is 0.273 e. The van der Waals surface area contributed by atoms with E-state index < -0.39 is 10.0 Å². The van der Waals surface area contributed by atoms with E-state index in [-0.39, 0.29) is 23.9 Å². The van der Waals surface area contributed by atoms with Crippen molar-refractivity contribution in [3.8, 4) is 10.6 Å². The van der Waals surface area contributed by atoms with Crippen molar-refractivity contribution in [1.82, 2.24) is 14.2 Å². The summed E-state index contributed by atoms with van der Waals surface area (Å²) in [4.78, 5) is 19.2. The van der Waals surface area contributed by atoms with Gasteiger partial charge < -0.3 is 4.90 Å². The van der Waals surface area contributed by atoms with E-state index >= 15 is 0 Å². The number of carbonyl (C=O) groups excluding carboxylic acids is 1. The molecule has 2 heterocycles. The highest BCUT2D eigenvalue weighted by Crippen LogP contribution is 2.24. The Kier molecular flexibility index (Phi) is 5.25. The third-order valence-corrected chi connectivity index (χ3v) is 7.46. The van der Waals surface area contributed by atoms with Gasteiger partial charge in [-0.25, -0.2) is 13.4 Å². The molecule has 0 bridgehead atoms. The molecule has 6 nitrogen and oxygen atoms in total. The van der Waals surface area contributed by atoms with E-state index in [0.29, 0.717) is 18.8 Å². The van der Waals surface area contributed by atoms with Crippen LogP contribution in [0.4, 0.5) is 0 Å². The normalized spacial score (nSPS) is 15.5. The summed E-state index contributed by atoms with van der Waals surface area (Å²) in [6.45, 7) is 1.25. The van der Waals surface area contributed by atoms with Crippen LogP contribution in [-0.4, -0.2) is 54.7 Å². The second kappa shape index (κ2) is 7.83. The average Bonchev–Trinajstić information content (AvgIpc) is 3.25. The first kappa shape index (κ1) is 18.8. The van der Waals surface area contributed by atoms with Crippen molar-refractivity contribution in [2.45, 2.75) is 4.90 Å². The summed E-state index contributed by atoms with van der Waals surface area (Å²) < 4.78 is 26.8. The molecule has 3 aromatic rings. The SMILES string of the molecule is O=C(c1csc(-c2ccccc2)n1)N1CCN(S(=O)(=O)c2ccccc2)CC1. The van der Waals surface area contributed by atoms with Crippen molar-refractivity contribution in [2.24, 2.45) is 0 Å². The van der Waals surface area contributed by atoms with Crippen LogP contribution in [0, 0.1) is 0 Å². The molecule has 0 aliphatic carbocycles. The summed E-state index contributed by atoms with van der Waals surface area (Å²) in [5, 5.41) is 2.56. The van der Waals surface area contributed by atoms with E-state index in [0.717, 1.165) is 10.6 Å². The molecule has 144 valence electrons. The molecule has 1 aromatic heterocycles. The Bertz CT molecular complexity index is 1060. The Labute approximate surface area is 168 Å². The van der Waals surface area contributed by atoms with Crippen molar-refractivity contribution in [2.75, 3.05) is 26.2 Å². The molecule has 0 spiro atoms. The third-order valence-electron chi connectivity index (χ3n) is 4.65. The topological polar surface area (TPSA) is 70.6 Å². The molecular weight excluding hydrogens is 394 g/mol. The Morgan fingerprint density at radius 2 is 1.50 bits per heavy atom. The molecule has 2 aromatic carbocycles. The molecule has 28 heavy (non-hydrogen) atoms. The van der Waals surface area contributed by atoms with Crippen molar-refractivity contribution in [3.05, 3.63) is 71.7 Å². The average molecular weight is 414 g/mol. The summed E-state index contributed by atoms with van der Waals surface area (Å²) in [6, 6.07) is 18.1.